The normalized spacial score (nSPS) is 17.4. The van der Waals surface area contributed by atoms with Crippen LogP contribution in [0.25, 0.3) is 0 Å². The second-order valence-corrected chi connectivity index (χ2v) is 5.90. The largest absolute Gasteiger partial charge is 0.340 e. The Morgan fingerprint density at radius 3 is 2.40 bits per heavy atom. The molecule has 120 valence electrons. The van der Waals surface area contributed by atoms with E-state index in [-0.39, 0.29) is 18.3 Å². The van der Waals surface area contributed by atoms with Crippen LogP contribution in [0.5, 0.6) is 0 Å². The van der Waals surface area contributed by atoms with Gasteiger partial charge in [-0.15, -0.1) is 12.4 Å². The van der Waals surface area contributed by atoms with E-state index in [1.165, 1.54) is 12.8 Å². The van der Waals surface area contributed by atoms with Crippen molar-refractivity contribution in [1.82, 2.24) is 10.2 Å². The Kier molecular flexibility index (Phi) is 11.2. The summed E-state index contributed by atoms with van der Waals surface area (Å²) in [5.74, 6) is 0.681. The molecule has 0 saturated carbocycles. The summed E-state index contributed by atoms with van der Waals surface area (Å²) in [4.78, 5) is 14.9. The van der Waals surface area contributed by atoms with Gasteiger partial charge in [0, 0.05) is 18.5 Å². The second kappa shape index (κ2) is 11.4. The van der Waals surface area contributed by atoms with Gasteiger partial charge in [0.2, 0.25) is 5.91 Å². The fourth-order valence-corrected chi connectivity index (χ4v) is 2.96. The van der Waals surface area contributed by atoms with Crippen molar-refractivity contribution >= 4 is 18.3 Å². The second-order valence-electron chi connectivity index (χ2n) is 5.90. The number of hydrogen-bond acceptors (Lipinski definition) is 2. The molecule has 4 heteroatoms. The van der Waals surface area contributed by atoms with Crippen molar-refractivity contribution in [3.63, 3.8) is 0 Å². The van der Waals surface area contributed by atoms with E-state index in [1.54, 1.807) is 0 Å². The third kappa shape index (κ3) is 6.45. The average molecular weight is 305 g/mol. The van der Waals surface area contributed by atoms with Crippen molar-refractivity contribution in [1.29, 1.82) is 0 Å². The van der Waals surface area contributed by atoms with Crippen LogP contribution >= 0.6 is 12.4 Å². The number of hydrogen-bond donors (Lipinski definition) is 1. The van der Waals surface area contributed by atoms with E-state index in [4.69, 9.17) is 0 Å². The molecule has 0 aromatic carbocycles. The lowest BCUT2D eigenvalue weighted by atomic mass is 9.95. The van der Waals surface area contributed by atoms with Crippen molar-refractivity contribution in [2.75, 3.05) is 19.6 Å². The van der Waals surface area contributed by atoms with E-state index in [1.807, 2.05) is 0 Å². The lowest BCUT2D eigenvalue weighted by molar-refractivity contribution is -0.138. The van der Waals surface area contributed by atoms with E-state index in [2.05, 4.69) is 31.0 Å². The molecule has 0 aromatic rings. The Labute approximate surface area is 131 Å². The molecular weight excluding hydrogens is 272 g/mol. The minimum Gasteiger partial charge on any atom is -0.340 e. The van der Waals surface area contributed by atoms with Crippen molar-refractivity contribution in [3.8, 4) is 0 Å². The molecule has 1 aliphatic rings. The summed E-state index contributed by atoms with van der Waals surface area (Å²) in [6.45, 7) is 9.60. The van der Waals surface area contributed by atoms with Gasteiger partial charge >= 0.3 is 0 Å². The predicted octanol–water partition coefficient (Wildman–Crippen LogP) is 3.62. The summed E-state index contributed by atoms with van der Waals surface area (Å²) in [7, 11) is 0. The molecule has 1 atom stereocenters. The molecular formula is C16H33ClN2O. The molecule has 1 N–H and O–H groups in total. The highest BCUT2D eigenvalue weighted by Gasteiger charge is 2.27. The first-order chi connectivity index (χ1) is 9.20. The Hall–Kier alpha value is -0.280. The Balaban J connectivity index is 0.00000361. The maximum Gasteiger partial charge on any atom is 0.226 e. The summed E-state index contributed by atoms with van der Waals surface area (Å²) >= 11 is 0. The molecule has 1 amide bonds. The molecule has 20 heavy (non-hydrogen) atoms. The van der Waals surface area contributed by atoms with E-state index in [9.17, 15) is 4.79 Å². The van der Waals surface area contributed by atoms with Gasteiger partial charge in [0.25, 0.3) is 0 Å². The van der Waals surface area contributed by atoms with Crippen LogP contribution < -0.4 is 5.32 Å². The van der Waals surface area contributed by atoms with Gasteiger partial charge in [-0.1, -0.05) is 33.1 Å². The third-order valence-corrected chi connectivity index (χ3v) is 4.21. The van der Waals surface area contributed by atoms with Crippen molar-refractivity contribution in [2.45, 2.75) is 71.8 Å². The van der Waals surface area contributed by atoms with Gasteiger partial charge in [-0.3, -0.25) is 4.79 Å². The summed E-state index contributed by atoms with van der Waals surface area (Å²) in [5, 5.41) is 3.34. The SMILES string of the molecule is CCCCCN(C(=O)C1CCNCC1)C(C)CCC.Cl. The van der Waals surface area contributed by atoms with E-state index >= 15 is 0 Å². The highest BCUT2D eigenvalue weighted by molar-refractivity contribution is 5.85. The highest BCUT2D eigenvalue weighted by atomic mass is 35.5. The minimum absolute atomic E-state index is 0. The Morgan fingerprint density at radius 2 is 1.85 bits per heavy atom. The van der Waals surface area contributed by atoms with Gasteiger partial charge in [0.05, 0.1) is 0 Å². The molecule has 1 fully saturated rings. The first-order valence-corrected chi connectivity index (χ1v) is 8.21. The fraction of sp³-hybridized carbons (Fsp3) is 0.938. The first-order valence-electron chi connectivity index (χ1n) is 8.21. The number of carbonyl (C=O) groups is 1. The Morgan fingerprint density at radius 1 is 1.20 bits per heavy atom. The molecule has 3 nitrogen and oxygen atoms in total. The number of piperidine rings is 1. The number of amides is 1. The summed E-state index contributed by atoms with van der Waals surface area (Å²) in [6.07, 6.45) is 7.92. The molecule has 0 aromatic heterocycles. The maximum atomic E-state index is 12.7. The monoisotopic (exact) mass is 304 g/mol. The maximum absolute atomic E-state index is 12.7. The Bertz CT molecular complexity index is 255. The third-order valence-electron chi connectivity index (χ3n) is 4.21. The van der Waals surface area contributed by atoms with Crippen LogP contribution in [0.3, 0.4) is 0 Å². The van der Waals surface area contributed by atoms with Gasteiger partial charge < -0.3 is 10.2 Å². The number of unbranched alkanes of at least 4 members (excludes halogenated alkanes) is 2. The lowest BCUT2D eigenvalue weighted by Gasteiger charge is -2.34. The molecule has 0 bridgehead atoms. The zero-order chi connectivity index (χ0) is 14.1. The molecule has 1 saturated heterocycles. The number of halogens is 1. The van der Waals surface area contributed by atoms with E-state index < -0.39 is 0 Å². The van der Waals surface area contributed by atoms with Crippen LogP contribution in [0.1, 0.15) is 65.7 Å². The van der Waals surface area contributed by atoms with Crippen LogP contribution in [0.2, 0.25) is 0 Å². The molecule has 1 unspecified atom stereocenters. The number of nitrogens with zero attached hydrogens (tertiary/aromatic N) is 1. The molecule has 1 heterocycles. The van der Waals surface area contributed by atoms with Gasteiger partial charge in [-0.05, 0) is 45.7 Å². The van der Waals surface area contributed by atoms with E-state index in [0.29, 0.717) is 11.9 Å². The van der Waals surface area contributed by atoms with Gasteiger partial charge in [-0.25, -0.2) is 0 Å². The smallest absolute Gasteiger partial charge is 0.226 e. The van der Waals surface area contributed by atoms with Crippen LogP contribution in [0.4, 0.5) is 0 Å². The summed E-state index contributed by atoms with van der Waals surface area (Å²) in [6, 6.07) is 0.407. The molecule has 0 spiro atoms. The first kappa shape index (κ1) is 19.7. The van der Waals surface area contributed by atoms with Gasteiger partial charge in [0.1, 0.15) is 0 Å². The van der Waals surface area contributed by atoms with Crippen molar-refractivity contribution < 1.29 is 4.79 Å². The molecule has 0 aliphatic carbocycles. The van der Waals surface area contributed by atoms with Crippen LogP contribution in [-0.2, 0) is 4.79 Å². The highest BCUT2D eigenvalue weighted by Crippen LogP contribution is 2.19. The lowest BCUT2D eigenvalue weighted by Crippen LogP contribution is -2.45. The summed E-state index contributed by atoms with van der Waals surface area (Å²) in [5.41, 5.74) is 0. The standard InChI is InChI=1S/C16H32N2O.ClH/c1-4-6-7-13-18(14(3)8-5-2)16(19)15-9-11-17-12-10-15;/h14-15,17H,4-13H2,1-3H3;1H. The van der Waals surface area contributed by atoms with Crippen molar-refractivity contribution in [3.05, 3.63) is 0 Å². The van der Waals surface area contributed by atoms with Gasteiger partial charge in [-0.2, -0.15) is 0 Å². The number of nitrogens with one attached hydrogen (secondary N) is 1. The van der Waals surface area contributed by atoms with Crippen LogP contribution in [-0.4, -0.2) is 36.5 Å². The summed E-state index contributed by atoms with van der Waals surface area (Å²) < 4.78 is 0. The van der Waals surface area contributed by atoms with Gasteiger partial charge in [0.15, 0.2) is 0 Å². The number of carbonyl (C=O) groups excluding carboxylic acids is 1. The topological polar surface area (TPSA) is 32.3 Å². The molecule has 1 rings (SSSR count). The zero-order valence-electron chi connectivity index (χ0n) is 13.5. The minimum atomic E-state index is 0. The van der Waals surface area contributed by atoms with Crippen LogP contribution in [0.15, 0.2) is 0 Å². The van der Waals surface area contributed by atoms with E-state index in [0.717, 1.165) is 51.7 Å². The zero-order valence-corrected chi connectivity index (χ0v) is 14.3. The quantitative estimate of drug-likeness (QED) is 0.695. The molecule has 0 radical (unpaired) electrons. The average Bonchev–Trinajstić information content (AvgIpc) is 2.44. The van der Waals surface area contributed by atoms with Crippen LogP contribution in [0, 0.1) is 5.92 Å². The molecule has 1 aliphatic heterocycles. The number of rotatable bonds is 8. The predicted molar refractivity (Wildman–Crippen MR) is 88.4 cm³/mol. The fourth-order valence-electron chi connectivity index (χ4n) is 2.96. The van der Waals surface area contributed by atoms with Crippen molar-refractivity contribution in [2.24, 2.45) is 5.92 Å².